The molecule has 0 bridgehead atoms. The van der Waals surface area contributed by atoms with Crippen molar-refractivity contribution in [1.82, 2.24) is 25.0 Å². The van der Waals surface area contributed by atoms with Crippen LogP contribution in [-0.4, -0.2) is 58.1 Å². The Bertz CT molecular complexity index is 801. The summed E-state index contributed by atoms with van der Waals surface area (Å²) < 4.78 is 2.27. The van der Waals surface area contributed by atoms with Gasteiger partial charge in [-0.05, 0) is 37.5 Å². The highest BCUT2D eigenvalue weighted by atomic mass is 32.2. The Morgan fingerprint density at radius 2 is 2.07 bits per heavy atom. The van der Waals surface area contributed by atoms with Crippen molar-refractivity contribution in [3.63, 3.8) is 0 Å². The van der Waals surface area contributed by atoms with E-state index in [1.807, 2.05) is 0 Å². The Labute approximate surface area is 185 Å². The van der Waals surface area contributed by atoms with Gasteiger partial charge in [-0.25, -0.2) is 0 Å². The van der Waals surface area contributed by atoms with Crippen LogP contribution in [0.1, 0.15) is 50.9 Å². The summed E-state index contributed by atoms with van der Waals surface area (Å²) in [6.07, 6.45) is 5.14. The first kappa shape index (κ1) is 22.7. The van der Waals surface area contributed by atoms with Gasteiger partial charge in [-0.15, -0.1) is 10.2 Å². The smallest absolute Gasteiger partial charge is 0.193 e. The minimum absolute atomic E-state index is 0.580. The quantitative estimate of drug-likeness (QED) is 0.283. The van der Waals surface area contributed by atoms with Crippen molar-refractivity contribution in [3.05, 3.63) is 41.7 Å². The Morgan fingerprint density at radius 1 is 1.27 bits per heavy atom. The van der Waals surface area contributed by atoms with Crippen LogP contribution in [0.2, 0.25) is 0 Å². The molecule has 1 atom stereocenters. The minimum Gasteiger partial charge on any atom is -0.357 e. The largest absolute Gasteiger partial charge is 0.357 e. The molecule has 7 heteroatoms. The number of nitrogens with zero attached hydrogens (tertiary/aromatic N) is 5. The molecule has 0 spiro atoms. The SMILES string of the molecule is CCNC(=NCCCc1nnc(SC)n1CC(C)C)N1CCC(c2ccccc2)C1. The molecule has 0 aliphatic carbocycles. The molecule has 6 nitrogen and oxygen atoms in total. The molecular weight excluding hydrogens is 392 g/mol. The third kappa shape index (κ3) is 6.00. The van der Waals surface area contributed by atoms with Gasteiger partial charge in [0.2, 0.25) is 0 Å². The topological polar surface area (TPSA) is 58.3 Å². The molecule has 1 fully saturated rings. The van der Waals surface area contributed by atoms with Crippen LogP contribution in [0.15, 0.2) is 40.5 Å². The van der Waals surface area contributed by atoms with E-state index in [2.05, 4.69) is 82.3 Å². The van der Waals surface area contributed by atoms with E-state index in [0.717, 1.165) is 62.5 Å². The molecule has 2 heterocycles. The van der Waals surface area contributed by atoms with Crippen LogP contribution in [0, 0.1) is 5.92 Å². The van der Waals surface area contributed by atoms with Gasteiger partial charge in [0.15, 0.2) is 11.1 Å². The highest BCUT2D eigenvalue weighted by molar-refractivity contribution is 7.98. The number of hydrogen-bond donors (Lipinski definition) is 1. The molecule has 164 valence electrons. The fourth-order valence-electron chi connectivity index (χ4n) is 4.00. The van der Waals surface area contributed by atoms with E-state index in [9.17, 15) is 0 Å². The number of aliphatic imine (C=N–C) groups is 1. The highest BCUT2D eigenvalue weighted by Crippen LogP contribution is 2.27. The van der Waals surface area contributed by atoms with Gasteiger partial charge in [-0.3, -0.25) is 4.99 Å². The molecule has 1 aliphatic heterocycles. The van der Waals surface area contributed by atoms with Crippen LogP contribution in [0.4, 0.5) is 0 Å². The van der Waals surface area contributed by atoms with E-state index in [1.54, 1.807) is 11.8 Å². The third-order valence-electron chi connectivity index (χ3n) is 5.44. The fourth-order valence-corrected chi connectivity index (χ4v) is 4.52. The molecule has 1 aromatic carbocycles. The van der Waals surface area contributed by atoms with Crippen molar-refractivity contribution in [3.8, 4) is 0 Å². The van der Waals surface area contributed by atoms with E-state index in [1.165, 1.54) is 12.0 Å². The van der Waals surface area contributed by atoms with Crippen LogP contribution in [-0.2, 0) is 13.0 Å². The van der Waals surface area contributed by atoms with Crippen molar-refractivity contribution in [2.75, 3.05) is 32.4 Å². The molecule has 1 N–H and O–H groups in total. The normalized spacial score (nSPS) is 17.2. The van der Waals surface area contributed by atoms with Crippen molar-refractivity contribution in [1.29, 1.82) is 0 Å². The van der Waals surface area contributed by atoms with Crippen LogP contribution in [0.3, 0.4) is 0 Å². The summed E-state index contributed by atoms with van der Waals surface area (Å²) in [5, 5.41) is 13.3. The predicted molar refractivity (Wildman–Crippen MR) is 126 cm³/mol. The summed E-state index contributed by atoms with van der Waals surface area (Å²) in [5.74, 6) is 3.30. The first-order valence-corrected chi connectivity index (χ1v) is 12.4. The van der Waals surface area contributed by atoms with E-state index < -0.39 is 0 Å². The van der Waals surface area contributed by atoms with Gasteiger partial charge < -0.3 is 14.8 Å². The van der Waals surface area contributed by atoms with Gasteiger partial charge in [-0.2, -0.15) is 0 Å². The maximum atomic E-state index is 4.93. The second kappa shape index (κ2) is 11.4. The molecule has 3 rings (SSSR count). The molecule has 1 aliphatic rings. The van der Waals surface area contributed by atoms with Crippen molar-refractivity contribution in [2.45, 2.75) is 57.7 Å². The molecule has 2 aromatic rings. The first-order valence-electron chi connectivity index (χ1n) is 11.2. The number of aryl methyl sites for hydroxylation is 1. The number of benzene rings is 1. The maximum Gasteiger partial charge on any atom is 0.193 e. The summed E-state index contributed by atoms with van der Waals surface area (Å²) in [5.41, 5.74) is 1.44. The fraction of sp³-hybridized carbons (Fsp3) is 0.609. The second-order valence-corrected chi connectivity index (χ2v) is 9.06. The lowest BCUT2D eigenvalue weighted by atomic mass is 9.99. The molecule has 30 heavy (non-hydrogen) atoms. The van der Waals surface area contributed by atoms with E-state index in [-0.39, 0.29) is 0 Å². The molecule has 0 radical (unpaired) electrons. The standard InChI is InChI=1S/C23H36N6S/c1-5-24-22(28-15-13-20(17-28)19-10-7-6-8-11-19)25-14-9-12-21-26-27-23(30-4)29(21)16-18(2)3/h6-8,10-11,18,20H,5,9,12-17H2,1-4H3,(H,24,25). The van der Waals surface area contributed by atoms with Crippen molar-refractivity contribution >= 4 is 17.7 Å². The summed E-state index contributed by atoms with van der Waals surface area (Å²) in [6, 6.07) is 10.9. The molecular formula is C23H36N6S. The van der Waals surface area contributed by atoms with Gasteiger partial charge >= 0.3 is 0 Å². The lowest BCUT2D eigenvalue weighted by Gasteiger charge is -2.21. The number of rotatable bonds is 9. The zero-order chi connectivity index (χ0) is 21.3. The van der Waals surface area contributed by atoms with Gasteiger partial charge in [0.05, 0.1) is 0 Å². The highest BCUT2D eigenvalue weighted by Gasteiger charge is 2.25. The van der Waals surface area contributed by atoms with E-state index in [4.69, 9.17) is 4.99 Å². The maximum absolute atomic E-state index is 4.93. The lowest BCUT2D eigenvalue weighted by molar-refractivity contribution is 0.476. The summed E-state index contributed by atoms with van der Waals surface area (Å²) >= 11 is 1.67. The molecule has 0 saturated carbocycles. The van der Waals surface area contributed by atoms with Gasteiger partial charge in [0, 0.05) is 45.1 Å². The molecule has 1 unspecified atom stereocenters. The first-order chi connectivity index (χ1) is 14.6. The van der Waals surface area contributed by atoms with Gasteiger partial charge in [-0.1, -0.05) is 55.9 Å². The monoisotopic (exact) mass is 428 g/mol. The Hall–Kier alpha value is -2.02. The average molecular weight is 429 g/mol. The Morgan fingerprint density at radius 3 is 2.77 bits per heavy atom. The van der Waals surface area contributed by atoms with Crippen molar-refractivity contribution < 1.29 is 0 Å². The summed E-state index contributed by atoms with van der Waals surface area (Å²) in [7, 11) is 0. The zero-order valence-electron chi connectivity index (χ0n) is 18.8. The minimum atomic E-state index is 0.580. The molecule has 0 amide bonds. The van der Waals surface area contributed by atoms with Gasteiger partial charge in [0.25, 0.3) is 0 Å². The second-order valence-electron chi connectivity index (χ2n) is 8.29. The van der Waals surface area contributed by atoms with Gasteiger partial charge in [0.1, 0.15) is 5.82 Å². The third-order valence-corrected chi connectivity index (χ3v) is 6.10. The van der Waals surface area contributed by atoms with E-state index >= 15 is 0 Å². The van der Waals surface area contributed by atoms with Crippen molar-refractivity contribution in [2.24, 2.45) is 10.9 Å². The lowest BCUT2D eigenvalue weighted by Crippen LogP contribution is -2.40. The summed E-state index contributed by atoms with van der Waals surface area (Å²) in [4.78, 5) is 7.34. The molecule has 1 saturated heterocycles. The Balaban J connectivity index is 1.56. The van der Waals surface area contributed by atoms with Crippen LogP contribution >= 0.6 is 11.8 Å². The van der Waals surface area contributed by atoms with E-state index in [0.29, 0.717) is 11.8 Å². The number of nitrogens with one attached hydrogen (secondary N) is 1. The zero-order valence-corrected chi connectivity index (χ0v) is 19.7. The summed E-state index contributed by atoms with van der Waals surface area (Å²) in [6.45, 7) is 11.4. The van der Waals surface area contributed by atoms with Crippen LogP contribution in [0.5, 0.6) is 0 Å². The Kier molecular flexibility index (Phi) is 8.61. The number of aromatic nitrogens is 3. The number of likely N-dealkylation sites (tertiary alicyclic amines) is 1. The van der Waals surface area contributed by atoms with Crippen LogP contribution < -0.4 is 5.32 Å². The average Bonchev–Trinajstić information content (AvgIpc) is 3.38. The molecule has 1 aromatic heterocycles. The number of hydrogen-bond acceptors (Lipinski definition) is 4. The van der Waals surface area contributed by atoms with Crippen LogP contribution in [0.25, 0.3) is 0 Å². The number of thioether (sulfide) groups is 1. The number of guanidine groups is 1. The predicted octanol–water partition coefficient (Wildman–Crippen LogP) is 4.04.